The maximum Gasteiger partial charge on any atom is 0.000545 e. The molecule has 3 heteroatoms. The minimum Gasteiger partial charge on any atom is -0.772 e. The van der Waals surface area contributed by atoms with Crippen LogP contribution in [0.4, 0.5) is 0 Å². The average Bonchev–Trinajstić information content (AvgIpc) is 1.67. The largest absolute Gasteiger partial charge is 0.772 e. The molecule has 0 amide bonds. The molecular weight excluding hydrogens is 104 g/mol. The van der Waals surface area contributed by atoms with Gasteiger partial charge in [0.15, 0.2) is 0 Å². The van der Waals surface area contributed by atoms with Crippen molar-refractivity contribution in [2.75, 3.05) is 20.6 Å². The first-order valence-electron chi connectivity index (χ1n) is 2.80. The molecule has 8 heavy (non-hydrogen) atoms. The van der Waals surface area contributed by atoms with Crippen molar-refractivity contribution in [1.82, 2.24) is 10.2 Å². The van der Waals surface area contributed by atoms with Gasteiger partial charge in [0.05, 0.1) is 0 Å². The lowest BCUT2D eigenvalue weighted by Crippen LogP contribution is -2.31. The van der Waals surface area contributed by atoms with Crippen LogP contribution in [0.1, 0.15) is 13.3 Å². The molecule has 3 nitrogen and oxygen atoms in total. The molecule has 0 aliphatic carbocycles. The molecule has 0 saturated heterocycles. The van der Waals surface area contributed by atoms with Crippen LogP contribution in [0, 0.1) is 5.21 Å². The van der Waals surface area contributed by atoms with Crippen molar-refractivity contribution in [2.45, 2.75) is 13.3 Å². The van der Waals surface area contributed by atoms with E-state index in [1.54, 1.807) is 14.1 Å². The van der Waals surface area contributed by atoms with Crippen LogP contribution in [0.25, 0.3) is 0 Å². The van der Waals surface area contributed by atoms with Crippen molar-refractivity contribution >= 4 is 0 Å². The van der Waals surface area contributed by atoms with Crippen LogP contribution in [0.2, 0.25) is 0 Å². The topological polar surface area (TPSA) is 29.5 Å². The van der Waals surface area contributed by atoms with Crippen molar-refractivity contribution in [2.24, 2.45) is 0 Å². The van der Waals surface area contributed by atoms with E-state index in [0.717, 1.165) is 11.6 Å². The Hall–Kier alpha value is -0.120. The Morgan fingerprint density at radius 3 is 2.00 bits per heavy atom. The Kier molecular flexibility index (Phi) is 3.77. The van der Waals surface area contributed by atoms with Gasteiger partial charge in [-0.15, -0.1) is 0 Å². The van der Waals surface area contributed by atoms with Gasteiger partial charge in [-0.2, -0.15) is 0 Å². The lowest BCUT2D eigenvalue weighted by Gasteiger charge is -2.33. The molecule has 0 aliphatic rings. The quantitative estimate of drug-likeness (QED) is 0.509. The van der Waals surface area contributed by atoms with E-state index in [1.165, 1.54) is 5.01 Å². The number of rotatable bonds is 3. The van der Waals surface area contributed by atoms with Crippen molar-refractivity contribution < 1.29 is 0 Å². The van der Waals surface area contributed by atoms with Crippen LogP contribution in [-0.4, -0.2) is 30.8 Å². The first-order valence-corrected chi connectivity index (χ1v) is 2.80. The number of nitrogens with zero attached hydrogens (tertiary/aromatic N) is 2. The highest BCUT2D eigenvalue weighted by Crippen LogP contribution is 1.88. The molecule has 0 fully saturated rings. The SMILES string of the molecule is CCCN([O-])N(C)C. The van der Waals surface area contributed by atoms with Crippen LogP contribution in [-0.2, 0) is 0 Å². The first kappa shape index (κ1) is 7.88. The van der Waals surface area contributed by atoms with Gasteiger partial charge >= 0.3 is 0 Å². The molecular formula is C5H13N2O-. The summed E-state index contributed by atoms with van der Waals surface area (Å²) in [7, 11) is 3.48. The molecule has 50 valence electrons. The highest BCUT2D eigenvalue weighted by molar-refractivity contribution is 4.46. The fourth-order valence-corrected chi connectivity index (χ4v) is 0.391. The highest BCUT2D eigenvalue weighted by Gasteiger charge is 1.87. The molecule has 0 aromatic heterocycles. The van der Waals surface area contributed by atoms with E-state index in [2.05, 4.69) is 0 Å². The van der Waals surface area contributed by atoms with Gasteiger partial charge in [-0.1, -0.05) is 6.92 Å². The van der Waals surface area contributed by atoms with Crippen LogP contribution in [0.5, 0.6) is 0 Å². The van der Waals surface area contributed by atoms with Gasteiger partial charge in [0, 0.05) is 14.1 Å². The molecule has 0 aliphatic heterocycles. The zero-order valence-corrected chi connectivity index (χ0v) is 5.72. The van der Waals surface area contributed by atoms with Crippen LogP contribution in [0.3, 0.4) is 0 Å². The smallest absolute Gasteiger partial charge is 0.000545 e. The summed E-state index contributed by atoms with van der Waals surface area (Å²) < 4.78 is 0. The summed E-state index contributed by atoms with van der Waals surface area (Å²) in [6.45, 7) is 2.57. The maximum absolute atomic E-state index is 10.6. The third-order valence-electron chi connectivity index (χ3n) is 0.861. The number of hydrogen-bond acceptors (Lipinski definition) is 3. The maximum atomic E-state index is 10.6. The molecule has 0 saturated carbocycles. The van der Waals surface area contributed by atoms with Gasteiger partial charge in [0.25, 0.3) is 0 Å². The number of hydrazine groups is 1. The molecule has 0 aromatic carbocycles. The predicted octanol–water partition coefficient (Wildman–Crippen LogP) is 0.673. The average molecular weight is 117 g/mol. The van der Waals surface area contributed by atoms with E-state index < -0.39 is 0 Å². The van der Waals surface area contributed by atoms with Gasteiger partial charge in [-0.3, -0.25) is 5.01 Å². The minimum atomic E-state index is 0.590. The summed E-state index contributed by atoms with van der Waals surface area (Å²) in [4.78, 5) is 0. The summed E-state index contributed by atoms with van der Waals surface area (Å²) in [5.41, 5.74) is 0. The molecule has 0 radical (unpaired) electrons. The van der Waals surface area contributed by atoms with E-state index in [0.29, 0.717) is 6.54 Å². The summed E-state index contributed by atoms with van der Waals surface area (Å²) in [6, 6.07) is 0. The molecule has 0 spiro atoms. The van der Waals surface area contributed by atoms with E-state index in [1.807, 2.05) is 6.92 Å². The standard InChI is InChI=1S/C5H13N2O/c1-4-5-7(8)6(2)3/h4-5H2,1-3H3/q-1. The Bertz CT molecular complexity index is 56.4. The van der Waals surface area contributed by atoms with Gasteiger partial charge < -0.3 is 10.4 Å². The predicted molar refractivity (Wildman–Crippen MR) is 34.1 cm³/mol. The third kappa shape index (κ3) is 2.96. The molecule has 0 rings (SSSR count). The lowest BCUT2D eigenvalue weighted by atomic mass is 10.5. The summed E-state index contributed by atoms with van der Waals surface area (Å²) in [5, 5.41) is 13.0. The first-order chi connectivity index (χ1) is 3.68. The molecule has 0 atom stereocenters. The Balaban J connectivity index is 3.17. The second kappa shape index (κ2) is 3.83. The molecule has 0 heterocycles. The van der Waals surface area contributed by atoms with Gasteiger partial charge in [0.1, 0.15) is 0 Å². The fourth-order valence-electron chi connectivity index (χ4n) is 0.391. The molecule has 0 N–H and O–H groups in total. The van der Waals surface area contributed by atoms with Gasteiger partial charge in [-0.05, 0) is 13.0 Å². The number of hydrogen-bond donors (Lipinski definition) is 0. The minimum absolute atomic E-state index is 0.590. The summed E-state index contributed by atoms with van der Waals surface area (Å²) >= 11 is 0. The second-order valence-electron chi connectivity index (χ2n) is 1.92. The van der Waals surface area contributed by atoms with Crippen molar-refractivity contribution in [3.8, 4) is 0 Å². The van der Waals surface area contributed by atoms with Gasteiger partial charge in [0.2, 0.25) is 0 Å². The zero-order chi connectivity index (χ0) is 6.57. The monoisotopic (exact) mass is 117 g/mol. The second-order valence-corrected chi connectivity index (χ2v) is 1.92. The van der Waals surface area contributed by atoms with Crippen LogP contribution < -0.4 is 0 Å². The van der Waals surface area contributed by atoms with Crippen molar-refractivity contribution in [3.05, 3.63) is 5.21 Å². The fraction of sp³-hybridized carbons (Fsp3) is 1.00. The van der Waals surface area contributed by atoms with Crippen LogP contribution >= 0.6 is 0 Å². The Labute approximate surface area is 50.4 Å². The van der Waals surface area contributed by atoms with Gasteiger partial charge in [-0.25, -0.2) is 0 Å². The summed E-state index contributed by atoms with van der Waals surface area (Å²) in [5.74, 6) is 0. The lowest BCUT2D eigenvalue weighted by molar-refractivity contribution is 0.0832. The van der Waals surface area contributed by atoms with Crippen molar-refractivity contribution in [3.63, 3.8) is 0 Å². The number of hydroxylamine groups is 1. The van der Waals surface area contributed by atoms with E-state index in [4.69, 9.17) is 0 Å². The molecule has 0 unspecified atom stereocenters. The van der Waals surface area contributed by atoms with E-state index in [9.17, 15) is 5.21 Å². The zero-order valence-electron chi connectivity index (χ0n) is 5.72. The summed E-state index contributed by atoms with van der Waals surface area (Å²) in [6.07, 6.45) is 0.904. The third-order valence-corrected chi connectivity index (χ3v) is 0.861. The van der Waals surface area contributed by atoms with Crippen LogP contribution in [0.15, 0.2) is 0 Å². The molecule has 0 bridgehead atoms. The normalized spacial score (nSPS) is 11.2. The Morgan fingerprint density at radius 1 is 1.38 bits per heavy atom. The highest BCUT2D eigenvalue weighted by atomic mass is 16.5. The Morgan fingerprint density at radius 2 is 1.88 bits per heavy atom. The molecule has 0 aromatic rings. The van der Waals surface area contributed by atoms with E-state index in [-0.39, 0.29) is 0 Å². The van der Waals surface area contributed by atoms with E-state index >= 15 is 0 Å². The van der Waals surface area contributed by atoms with Crippen molar-refractivity contribution in [1.29, 1.82) is 0 Å².